The molecule has 1 saturated heterocycles. The molecule has 7 nitrogen and oxygen atoms in total. The zero-order valence-electron chi connectivity index (χ0n) is 16.8. The summed E-state index contributed by atoms with van der Waals surface area (Å²) < 4.78 is 25.9. The van der Waals surface area contributed by atoms with Gasteiger partial charge >= 0.3 is 0 Å². The van der Waals surface area contributed by atoms with Gasteiger partial charge in [-0.1, -0.05) is 29.3 Å². The van der Waals surface area contributed by atoms with Crippen molar-refractivity contribution >= 4 is 55.2 Å². The van der Waals surface area contributed by atoms with Crippen molar-refractivity contribution in [3.8, 4) is 0 Å². The van der Waals surface area contributed by atoms with E-state index in [2.05, 4.69) is 4.90 Å². The van der Waals surface area contributed by atoms with Gasteiger partial charge in [-0.05, 0) is 42.7 Å². The minimum absolute atomic E-state index is 0.123. The normalized spacial score (nSPS) is 15.1. The summed E-state index contributed by atoms with van der Waals surface area (Å²) in [6.45, 7) is 1.15. The lowest BCUT2D eigenvalue weighted by Crippen LogP contribution is -2.39. The molecule has 3 aromatic rings. The first kappa shape index (κ1) is 23.0. The molecule has 1 aliphatic heterocycles. The molecule has 0 bridgehead atoms. The Hall–Kier alpha value is -2.20. The van der Waals surface area contributed by atoms with Crippen LogP contribution in [0, 0.1) is 10.1 Å². The van der Waals surface area contributed by atoms with Gasteiger partial charge in [-0.25, -0.2) is 13.4 Å². The first-order chi connectivity index (χ1) is 15.2. The zero-order chi connectivity index (χ0) is 22.9. The van der Waals surface area contributed by atoms with Crippen molar-refractivity contribution < 1.29 is 13.3 Å². The van der Waals surface area contributed by atoms with Crippen LogP contribution in [0.15, 0.2) is 52.7 Å². The van der Waals surface area contributed by atoms with Crippen molar-refractivity contribution in [3.05, 3.63) is 79.3 Å². The van der Waals surface area contributed by atoms with Crippen LogP contribution in [0.2, 0.25) is 10.0 Å². The van der Waals surface area contributed by atoms with Crippen LogP contribution >= 0.6 is 34.5 Å². The predicted molar refractivity (Wildman–Crippen MR) is 127 cm³/mol. The van der Waals surface area contributed by atoms with E-state index in [4.69, 9.17) is 28.2 Å². The summed E-state index contributed by atoms with van der Waals surface area (Å²) in [5.74, 6) is 0. The molecule has 0 aliphatic carbocycles. The maximum atomic E-state index is 13.0. The number of nitro benzene ring substituents is 1. The molecule has 168 valence electrons. The van der Waals surface area contributed by atoms with Gasteiger partial charge in [0.1, 0.15) is 0 Å². The number of nitrogens with zero attached hydrogens (tertiary/aromatic N) is 3. The van der Waals surface area contributed by atoms with Crippen molar-refractivity contribution in [1.29, 1.82) is 0 Å². The van der Waals surface area contributed by atoms with E-state index in [9.17, 15) is 18.5 Å². The number of piperidine rings is 1. The number of anilines is 1. The summed E-state index contributed by atoms with van der Waals surface area (Å²) in [7, 11) is -3.55. The van der Waals surface area contributed by atoms with E-state index in [0.29, 0.717) is 42.4 Å². The van der Waals surface area contributed by atoms with E-state index in [0.717, 1.165) is 16.4 Å². The van der Waals surface area contributed by atoms with Gasteiger partial charge in [0.2, 0.25) is 0 Å². The molecule has 0 radical (unpaired) electrons. The van der Waals surface area contributed by atoms with Crippen LogP contribution in [0.4, 0.5) is 10.8 Å². The predicted octanol–water partition coefficient (Wildman–Crippen LogP) is 5.39. The molecule has 2 aromatic carbocycles. The van der Waals surface area contributed by atoms with Crippen LogP contribution in [0.3, 0.4) is 0 Å². The van der Waals surface area contributed by atoms with E-state index in [-0.39, 0.29) is 10.6 Å². The van der Waals surface area contributed by atoms with E-state index >= 15 is 0 Å². The van der Waals surface area contributed by atoms with Crippen LogP contribution in [-0.2, 0) is 16.3 Å². The van der Waals surface area contributed by atoms with E-state index in [1.807, 2.05) is 11.4 Å². The number of rotatable bonds is 6. The average molecular weight is 512 g/mol. The van der Waals surface area contributed by atoms with E-state index in [1.165, 1.54) is 35.6 Å². The van der Waals surface area contributed by atoms with Gasteiger partial charge in [0.05, 0.1) is 20.8 Å². The Bertz CT molecular complexity index is 1240. The van der Waals surface area contributed by atoms with Crippen molar-refractivity contribution in [2.24, 2.45) is 0 Å². The molecule has 2 heterocycles. The Morgan fingerprint density at radius 2 is 1.81 bits per heavy atom. The fraction of sp³-hybridized carbons (Fsp3) is 0.286. The third kappa shape index (κ3) is 4.91. The molecule has 0 spiro atoms. The van der Waals surface area contributed by atoms with Crippen LogP contribution in [0.5, 0.6) is 0 Å². The number of nitro groups is 1. The van der Waals surface area contributed by atoms with Crippen molar-refractivity contribution in [2.75, 3.05) is 18.0 Å². The number of non-ortho nitro benzene ring substituents is 1. The Morgan fingerprint density at radius 1 is 1.12 bits per heavy atom. The van der Waals surface area contributed by atoms with Gasteiger partial charge in [0.15, 0.2) is 15.0 Å². The molecule has 4 rings (SSSR count). The van der Waals surface area contributed by atoms with Gasteiger partial charge in [-0.2, -0.15) is 0 Å². The number of thiazole rings is 1. The maximum Gasteiger partial charge on any atom is 0.269 e. The first-order valence-corrected chi connectivity index (χ1v) is 13.0. The number of hydrogen-bond acceptors (Lipinski definition) is 7. The monoisotopic (exact) mass is 511 g/mol. The van der Waals surface area contributed by atoms with Gasteiger partial charge < -0.3 is 4.90 Å². The molecule has 11 heteroatoms. The topological polar surface area (TPSA) is 93.4 Å². The average Bonchev–Trinajstić information content (AvgIpc) is 3.24. The standard InChI is InChI=1S/C21H19Cl2N3O4S2/c22-15-2-1-14(20(23)12-15)11-16-13-31-21(24-16)25-9-7-19(8-10-25)32(29,30)18-5-3-17(4-6-18)26(27)28/h1-6,12-13,19H,7-11H2. The van der Waals surface area contributed by atoms with E-state index < -0.39 is 20.0 Å². The highest BCUT2D eigenvalue weighted by atomic mass is 35.5. The van der Waals surface area contributed by atoms with Crippen LogP contribution < -0.4 is 4.90 Å². The van der Waals surface area contributed by atoms with E-state index in [1.54, 1.807) is 12.1 Å². The third-order valence-electron chi connectivity index (χ3n) is 5.45. The lowest BCUT2D eigenvalue weighted by atomic mass is 10.1. The summed E-state index contributed by atoms with van der Waals surface area (Å²) in [5, 5.41) is 14.3. The third-order valence-corrected chi connectivity index (χ3v) is 9.27. The minimum Gasteiger partial charge on any atom is -0.348 e. The smallest absolute Gasteiger partial charge is 0.269 e. The largest absolute Gasteiger partial charge is 0.348 e. The number of benzene rings is 2. The SMILES string of the molecule is O=[N+]([O-])c1ccc(S(=O)(=O)C2CCN(c3nc(Cc4ccc(Cl)cc4Cl)cs3)CC2)cc1. The molecule has 0 unspecified atom stereocenters. The molecule has 32 heavy (non-hydrogen) atoms. The number of hydrogen-bond donors (Lipinski definition) is 0. The lowest BCUT2D eigenvalue weighted by Gasteiger charge is -2.31. The van der Waals surface area contributed by atoms with Crippen molar-refractivity contribution in [2.45, 2.75) is 29.4 Å². The number of sulfone groups is 1. The summed E-state index contributed by atoms with van der Waals surface area (Å²) in [6, 6.07) is 10.5. The summed E-state index contributed by atoms with van der Waals surface area (Å²) in [6.07, 6.45) is 1.53. The Balaban J connectivity index is 1.40. The van der Waals surface area contributed by atoms with Crippen LogP contribution in [-0.4, -0.2) is 36.7 Å². The second-order valence-corrected chi connectivity index (χ2v) is 11.4. The Labute approximate surface area is 199 Å². The molecule has 0 atom stereocenters. The lowest BCUT2D eigenvalue weighted by molar-refractivity contribution is -0.384. The second-order valence-electron chi connectivity index (χ2n) is 7.52. The summed E-state index contributed by atoms with van der Waals surface area (Å²) in [5.41, 5.74) is 1.72. The first-order valence-electron chi connectivity index (χ1n) is 9.85. The maximum absolute atomic E-state index is 13.0. The van der Waals surface area contributed by atoms with Gasteiger partial charge in [0, 0.05) is 47.1 Å². The van der Waals surface area contributed by atoms with Crippen molar-refractivity contribution in [1.82, 2.24) is 4.98 Å². The van der Waals surface area contributed by atoms with Gasteiger partial charge in [-0.3, -0.25) is 10.1 Å². The highest BCUT2D eigenvalue weighted by molar-refractivity contribution is 7.92. The number of aromatic nitrogens is 1. The summed E-state index contributed by atoms with van der Waals surface area (Å²) in [4.78, 5) is 17.2. The highest BCUT2D eigenvalue weighted by Crippen LogP contribution is 2.31. The molecule has 1 aliphatic rings. The van der Waals surface area contributed by atoms with Gasteiger partial charge in [-0.15, -0.1) is 11.3 Å². The quantitative estimate of drug-likeness (QED) is 0.325. The fourth-order valence-corrected chi connectivity index (χ4v) is 6.78. The molecule has 0 N–H and O–H groups in total. The summed E-state index contributed by atoms with van der Waals surface area (Å²) >= 11 is 13.7. The Morgan fingerprint density at radius 3 is 2.44 bits per heavy atom. The molecule has 0 saturated carbocycles. The fourth-order valence-electron chi connectivity index (χ4n) is 3.69. The Kier molecular flexibility index (Phi) is 6.71. The van der Waals surface area contributed by atoms with Crippen LogP contribution in [0.25, 0.3) is 0 Å². The molecule has 1 fully saturated rings. The number of halogens is 2. The molecular formula is C21H19Cl2N3O4S2. The zero-order valence-corrected chi connectivity index (χ0v) is 19.9. The molecular weight excluding hydrogens is 493 g/mol. The molecule has 0 amide bonds. The highest BCUT2D eigenvalue weighted by Gasteiger charge is 2.32. The second kappa shape index (κ2) is 9.35. The van der Waals surface area contributed by atoms with Crippen molar-refractivity contribution in [3.63, 3.8) is 0 Å². The van der Waals surface area contributed by atoms with Crippen LogP contribution in [0.1, 0.15) is 24.1 Å². The minimum atomic E-state index is -3.55. The molecule has 1 aromatic heterocycles. The van der Waals surface area contributed by atoms with Gasteiger partial charge in [0.25, 0.3) is 5.69 Å².